The first-order chi connectivity index (χ1) is 6.49. The second kappa shape index (κ2) is 4.45. The van der Waals surface area contributed by atoms with Crippen molar-refractivity contribution in [3.05, 3.63) is 35.9 Å². The van der Waals surface area contributed by atoms with Crippen LogP contribution in [0, 0.1) is 0 Å². The Kier molecular flexibility index (Phi) is 3.50. The number of benzene rings is 1. The van der Waals surface area contributed by atoms with E-state index < -0.39 is 15.1 Å². The van der Waals surface area contributed by atoms with Gasteiger partial charge in [0, 0.05) is 5.56 Å². The Morgan fingerprint density at radius 3 is 2.36 bits per heavy atom. The maximum absolute atomic E-state index is 11.2. The lowest BCUT2D eigenvalue weighted by Crippen LogP contribution is -2.17. The topological polar surface area (TPSA) is 83.5 Å². The van der Waals surface area contributed by atoms with Crippen LogP contribution in [-0.4, -0.2) is 18.9 Å². The first kappa shape index (κ1) is 11.0. The van der Waals surface area contributed by atoms with Gasteiger partial charge in [-0.3, -0.25) is 14.1 Å². The lowest BCUT2D eigenvalue weighted by atomic mass is 10.2. The fourth-order valence-electron chi connectivity index (χ4n) is 0.739. The molecule has 1 aromatic carbocycles. The van der Waals surface area contributed by atoms with Crippen molar-refractivity contribution in [1.82, 2.24) is 4.72 Å². The summed E-state index contributed by atoms with van der Waals surface area (Å²) in [6, 6.07) is 8.08. The zero-order valence-corrected chi connectivity index (χ0v) is 8.51. The van der Waals surface area contributed by atoms with Crippen molar-refractivity contribution in [2.75, 3.05) is 0 Å². The number of nitrogens with one attached hydrogen (secondary N) is 1. The first-order valence-electron chi connectivity index (χ1n) is 3.50. The molecule has 0 heterocycles. The quantitative estimate of drug-likeness (QED) is 0.459. The van der Waals surface area contributed by atoms with Crippen LogP contribution in [-0.2, 0) is 9.15 Å². The van der Waals surface area contributed by atoms with Crippen molar-refractivity contribution in [3.63, 3.8) is 0 Å². The molecule has 2 N–H and O–H groups in total. The van der Waals surface area contributed by atoms with Gasteiger partial charge in [-0.2, -0.15) is 8.42 Å². The molecule has 1 rings (SSSR count). The fraction of sp³-hybridized carbons (Fsp3) is 0. The van der Waals surface area contributed by atoms with E-state index in [2.05, 4.69) is 0 Å². The Bertz CT molecular complexity index is 415. The van der Waals surface area contributed by atoms with E-state index >= 15 is 0 Å². The molecule has 5 nitrogen and oxygen atoms in total. The highest BCUT2D eigenvalue weighted by molar-refractivity contribution is 8.69. The highest BCUT2D eigenvalue weighted by atomic mass is 33.2. The van der Waals surface area contributed by atoms with Gasteiger partial charge in [-0.1, -0.05) is 18.2 Å². The molecule has 0 aliphatic rings. The average molecular weight is 233 g/mol. The summed E-state index contributed by atoms with van der Waals surface area (Å²) >= 11 is 0. The second-order valence-corrected chi connectivity index (χ2v) is 5.30. The predicted molar refractivity (Wildman–Crippen MR) is 53.0 cm³/mol. The molecule has 0 unspecified atom stereocenters. The maximum Gasteiger partial charge on any atom is 0.339 e. The molecule has 0 aliphatic carbocycles. The lowest BCUT2D eigenvalue weighted by Gasteiger charge is -2.00. The number of hydrogen-bond acceptors (Lipinski definition) is 4. The van der Waals surface area contributed by atoms with Crippen molar-refractivity contribution in [2.24, 2.45) is 0 Å². The molecule has 0 saturated heterocycles. The third-order valence-corrected chi connectivity index (χ3v) is 2.64. The summed E-state index contributed by atoms with van der Waals surface area (Å²) in [5.41, 5.74) is 0.323. The molecule has 1 amide bonds. The number of carbonyl (C=O) groups excluding carboxylic acids is 1. The molecule has 76 valence electrons. The van der Waals surface area contributed by atoms with Crippen LogP contribution in [0.25, 0.3) is 0 Å². The van der Waals surface area contributed by atoms with Crippen molar-refractivity contribution in [3.8, 4) is 0 Å². The Labute approximate surface area is 84.8 Å². The van der Waals surface area contributed by atoms with Gasteiger partial charge >= 0.3 is 9.15 Å². The van der Waals surface area contributed by atoms with Crippen molar-refractivity contribution < 1.29 is 17.8 Å². The summed E-state index contributed by atoms with van der Waals surface area (Å²) in [4.78, 5) is 11.2. The monoisotopic (exact) mass is 233 g/mol. The van der Waals surface area contributed by atoms with E-state index in [9.17, 15) is 13.2 Å². The molecule has 0 fully saturated rings. The van der Waals surface area contributed by atoms with Crippen LogP contribution in [0.4, 0.5) is 0 Å². The van der Waals surface area contributed by atoms with Gasteiger partial charge in [0.2, 0.25) is 0 Å². The summed E-state index contributed by atoms with van der Waals surface area (Å²) in [5, 5.41) is 0. The van der Waals surface area contributed by atoms with E-state index in [-0.39, 0.29) is 11.0 Å². The smallest absolute Gasteiger partial charge is 0.281 e. The zero-order chi connectivity index (χ0) is 10.6. The first-order valence-corrected chi connectivity index (χ1v) is 6.27. The van der Waals surface area contributed by atoms with Crippen LogP contribution >= 0.6 is 11.0 Å². The van der Waals surface area contributed by atoms with Gasteiger partial charge < -0.3 is 0 Å². The van der Waals surface area contributed by atoms with E-state index in [0.717, 1.165) is 0 Å². The minimum atomic E-state index is -4.24. The van der Waals surface area contributed by atoms with Crippen molar-refractivity contribution in [2.45, 2.75) is 0 Å². The van der Waals surface area contributed by atoms with Crippen LogP contribution in [0.5, 0.6) is 0 Å². The van der Waals surface area contributed by atoms with Gasteiger partial charge in [-0.05, 0) is 12.1 Å². The Morgan fingerprint density at radius 2 is 1.86 bits per heavy atom. The largest absolute Gasteiger partial charge is 0.339 e. The van der Waals surface area contributed by atoms with Gasteiger partial charge in [0.05, 0.1) is 0 Å². The summed E-state index contributed by atoms with van der Waals surface area (Å²) < 4.78 is 30.9. The third-order valence-electron chi connectivity index (χ3n) is 1.28. The van der Waals surface area contributed by atoms with E-state index in [0.29, 0.717) is 5.56 Å². The molecule has 0 atom stereocenters. The standard InChI is InChI=1S/C7H7NO4S2/c9-7(8-13-14(10,11)12)6-4-2-1-3-5-6/h1-5H,(H,8,9)(H,10,11,12). The molecule has 14 heavy (non-hydrogen) atoms. The molecule has 0 aromatic heterocycles. The molecular formula is C7H7NO4S2. The van der Waals surface area contributed by atoms with Crippen LogP contribution < -0.4 is 4.72 Å². The molecule has 7 heteroatoms. The molecule has 0 radical (unpaired) electrons. The second-order valence-electron chi connectivity index (χ2n) is 2.31. The van der Waals surface area contributed by atoms with Gasteiger partial charge in [-0.25, -0.2) is 0 Å². The Balaban J connectivity index is 2.61. The maximum atomic E-state index is 11.2. The third kappa shape index (κ3) is 3.77. The number of carbonyl (C=O) groups is 1. The van der Waals surface area contributed by atoms with Crippen molar-refractivity contribution >= 4 is 26.0 Å². The fourth-order valence-corrected chi connectivity index (χ4v) is 1.58. The van der Waals surface area contributed by atoms with Crippen molar-refractivity contribution in [1.29, 1.82) is 0 Å². The van der Waals surface area contributed by atoms with Crippen LogP contribution in [0.3, 0.4) is 0 Å². The summed E-state index contributed by atoms with van der Waals surface area (Å²) in [5.74, 6) is -0.576. The van der Waals surface area contributed by atoms with E-state index in [1.807, 2.05) is 4.72 Å². The Hall–Kier alpha value is -1.05. The highest BCUT2D eigenvalue weighted by Crippen LogP contribution is 2.06. The molecule has 0 aliphatic heterocycles. The normalized spacial score (nSPS) is 10.9. The van der Waals surface area contributed by atoms with Gasteiger partial charge in [0.1, 0.15) is 11.0 Å². The Morgan fingerprint density at radius 1 is 1.29 bits per heavy atom. The molecular weight excluding hydrogens is 226 g/mol. The summed E-state index contributed by atoms with van der Waals surface area (Å²) in [6.07, 6.45) is 0. The predicted octanol–water partition coefficient (Wildman–Crippen LogP) is 0.867. The number of hydrogen-bond donors (Lipinski definition) is 2. The molecule has 1 aromatic rings. The molecule has 0 spiro atoms. The summed E-state index contributed by atoms with van der Waals surface area (Å²) in [7, 11) is -4.28. The van der Waals surface area contributed by atoms with E-state index in [1.54, 1.807) is 18.2 Å². The SMILES string of the molecule is O=C(NSS(=O)(=O)O)c1ccccc1. The van der Waals surface area contributed by atoms with Gasteiger partial charge in [0.25, 0.3) is 5.91 Å². The minimum absolute atomic E-state index is 0.0353. The average Bonchev–Trinajstić information content (AvgIpc) is 2.14. The molecule has 0 bridgehead atoms. The zero-order valence-electron chi connectivity index (χ0n) is 6.88. The molecule has 0 saturated carbocycles. The van der Waals surface area contributed by atoms with Crippen LogP contribution in [0.15, 0.2) is 30.3 Å². The van der Waals surface area contributed by atoms with Gasteiger partial charge in [-0.15, -0.1) is 0 Å². The number of rotatable bonds is 3. The van der Waals surface area contributed by atoms with Gasteiger partial charge in [0.15, 0.2) is 0 Å². The number of amides is 1. The highest BCUT2D eigenvalue weighted by Gasteiger charge is 2.10. The van der Waals surface area contributed by atoms with Crippen LogP contribution in [0.2, 0.25) is 0 Å². The summed E-state index contributed by atoms with van der Waals surface area (Å²) in [6.45, 7) is 0. The minimum Gasteiger partial charge on any atom is -0.281 e. The van der Waals surface area contributed by atoms with E-state index in [1.165, 1.54) is 12.1 Å². The lowest BCUT2D eigenvalue weighted by molar-refractivity contribution is 0.0984. The van der Waals surface area contributed by atoms with E-state index in [4.69, 9.17) is 4.55 Å². The van der Waals surface area contributed by atoms with Crippen LogP contribution in [0.1, 0.15) is 10.4 Å².